The van der Waals surface area contributed by atoms with Crippen molar-refractivity contribution < 1.29 is 24.3 Å². The maximum atomic E-state index is 12.5. The highest BCUT2D eigenvalue weighted by Gasteiger charge is 2.30. The molecule has 0 aliphatic heterocycles. The Kier molecular flexibility index (Phi) is 10.3. The summed E-state index contributed by atoms with van der Waals surface area (Å²) in [6, 6.07) is -3.79. The van der Waals surface area contributed by atoms with Crippen LogP contribution in [0.3, 0.4) is 0 Å². The zero-order valence-corrected chi connectivity index (χ0v) is 16.7. The Bertz CT molecular complexity index is 527. The summed E-state index contributed by atoms with van der Waals surface area (Å²) in [6.07, 6.45) is 0. The van der Waals surface area contributed by atoms with E-state index in [0.29, 0.717) is 0 Å². The molecule has 0 fully saturated rings. The molecule has 26 heavy (non-hydrogen) atoms. The second kappa shape index (κ2) is 11.0. The van der Waals surface area contributed by atoms with Crippen molar-refractivity contribution in [3.8, 4) is 0 Å². The van der Waals surface area contributed by atoms with Crippen LogP contribution in [0, 0.1) is 11.8 Å². The second-order valence-electron chi connectivity index (χ2n) is 6.81. The fourth-order valence-corrected chi connectivity index (χ4v) is 2.18. The number of rotatable bonds is 10. The van der Waals surface area contributed by atoms with Gasteiger partial charge in [-0.25, -0.2) is 0 Å². The molecule has 0 aromatic heterocycles. The minimum Gasteiger partial charge on any atom is -0.480 e. The molecule has 0 radical (unpaired) electrons. The summed E-state index contributed by atoms with van der Waals surface area (Å²) in [7, 11) is 0. The van der Waals surface area contributed by atoms with Crippen LogP contribution in [-0.4, -0.2) is 58.7 Å². The maximum Gasteiger partial charge on any atom is 0.325 e. The van der Waals surface area contributed by atoms with E-state index in [9.17, 15) is 19.2 Å². The van der Waals surface area contributed by atoms with E-state index in [-0.39, 0.29) is 17.6 Å². The van der Waals surface area contributed by atoms with Gasteiger partial charge in [-0.15, -0.1) is 0 Å². The second-order valence-corrected chi connectivity index (χ2v) is 7.18. The third-order valence-electron chi connectivity index (χ3n) is 3.81. The number of aliphatic carboxylic acids is 1. The van der Waals surface area contributed by atoms with E-state index in [1.165, 1.54) is 6.92 Å². The highest BCUT2D eigenvalue weighted by Crippen LogP contribution is 2.06. The average Bonchev–Trinajstić information content (AvgIpc) is 2.55. The lowest BCUT2D eigenvalue weighted by Crippen LogP contribution is -2.59. The van der Waals surface area contributed by atoms with E-state index in [1.807, 2.05) is 0 Å². The van der Waals surface area contributed by atoms with Crippen molar-refractivity contribution in [3.63, 3.8) is 0 Å². The lowest BCUT2D eigenvalue weighted by molar-refractivity contribution is -0.141. The molecule has 0 aromatic carbocycles. The van der Waals surface area contributed by atoms with Crippen molar-refractivity contribution in [2.24, 2.45) is 17.6 Å². The van der Waals surface area contributed by atoms with Gasteiger partial charge in [0.25, 0.3) is 0 Å². The number of nitrogens with one attached hydrogen (secondary N) is 3. The van der Waals surface area contributed by atoms with E-state index in [1.54, 1.807) is 27.7 Å². The van der Waals surface area contributed by atoms with Crippen LogP contribution >= 0.6 is 12.6 Å². The van der Waals surface area contributed by atoms with E-state index in [2.05, 4.69) is 28.6 Å². The number of nitrogens with two attached hydrogens (primary N) is 1. The summed E-state index contributed by atoms with van der Waals surface area (Å²) in [5, 5.41) is 16.2. The largest absolute Gasteiger partial charge is 0.480 e. The quantitative estimate of drug-likeness (QED) is 0.266. The molecule has 6 N–H and O–H groups in total. The van der Waals surface area contributed by atoms with Crippen LogP contribution in [0.5, 0.6) is 0 Å². The monoisotopic (exact) mass is 390 g/mol. The summed E-state index contributed by atoms with van der Waals surface area (Å²) < 4.78 is 0. The maximum absolute atomic E-state index is 12.5. The van der Waals surface area contributed by atoms with Crippen molar-refractivity contribution in [1.82, 2.24) is 16.0 Å². The normalized spacial score (nSPS) is 15.7. The molecule has 0 saturated carbocycles. The Morgan fingerprint density at radius 1 is 0.885 bits per heavy atom. The lowest BCUT2D eigenvalue weighted by atomic mass is 10.00. The Balaban J connectivity index is 5.04. The number of thiol groups is 1. The molecular formula is C16H30N4O5S. The molecule has 0 rings (SSSR count). The smallest absolute Gasteiger partial charge is 0.325 e. The molecule has 0 aliphatic rings. The molecule has 9 nitrogen and oxygen atoms in total. The summed E-state index contributed by atoms with van der Waals surface area (Å²) in [5.41, 5.74) is 5.79. The van der Waals surface area contributed by atoms with Crippen molar-refractivity contribution in [2.75, 3.05) is 5.75 Å². The molecule has 3 amide bonds. The topological polar surface area (TPSA) is 151 Å². The van der Waals surface area contributed by atoms with Crippen molar-refractivity contribution in [3.05, 3.63) is 0 Å². The highest BCUT2D eigenvalue weighted by molar-refractivity contribution is 7.80. The van der Waals surface area contributed by atoms with Crippen LogP contribution in [0.4, 0.5) is 0 Å². The average molecular weight is 391 g/mol. The van der Waals surface area contributed by atoms with Crippen molar-refractivity contribution >= 4 is 36.3 Å². The molecule has 0 bridgehead atoms. The molecule has 150 valence electrons. The van der Waals surface area contributed by atoms with Gasteiger partial charge in [-0.2, -0.15) is 12.6 Å². The highest BCUT2D eigenvalue weighted by atomic mass is 32.1. The number of hydrogen-bond donors (Lipinski definition) is 6. The first-order valence-corrected chi connectivity index (χ1v) is 9.05. The van der Waals surface area contributed by atoms with Crippen LogP contribution in [0.1, 0.15) is 34.6 Å². The number of carbonyl (C=O) groups is 4. The van der Waals surface area contributed by atoms with Gasteiger partial charge in [-0.3, -0.25) is 19.2 Å². The zero-order chi connectivity index (χ0) is 20.6. The molecule has 0 spiro atoms. The lowest BCUT2D eigenvalue weighted by Gasteiger charge is -2.26. The molecule has 4 unspecified atom stereocenters. The molecular weight excluding hydrogens is 360 g/mol. The molecule has 10 heteroatoms. The molecule has 4 atom stereocenters. The standard InChI is InChI=1S/C16H30N4O5S/c1-7(2)11(17)14(22)20-12(8(3)4)15(23)19-10(6-26)13(21)18-9(5)16(24)25/h7-12,26H,6,17H2,1-5H3,(H,18,21)(H,19,23)(H,20,22)(H,24,25). The predicted octanol–water partition coefficient (Wildman–Crippen LogP) is -0.886. The summed E-state index contributed by atoms with van der Waals surface area (Å²) in [5.74, 6) is -3.27. The number of hydrogen-bond acceptors (Lipinski definition) is 6. The van der Waals surface area contributed by atoms with E-state index >= 15 is 0 Å². The summed E-state index contributed by atoms with van der Waals surface area (Å²) in [4.78, 5) is 47.6. The van der Waals surface area contributed by atoms with Gasteiger partial charge in [0.05, 0.1) is 6.04 Å². The SMILES string of the molecule is CC(NC(=O)C(CS)NC(=O)C(NC(=O)C(N)C(C)C)C(C)C)C(=O)O. The van der Waals surface area contributed by atoms with E-state index < -0.39 is 47.9 Å². The van der Waals surface area contributed by atoms with Crippen LogP contribution < -0.4 is 21.7 Å². The first-order chi connectivity index (χ1) is 11.9. The Morgan fingerprint density at radius 3 is 1.81 bits per heavy atom. The first-order valence-electron chi connectivity index (χ1n) is 8.42. The summed E-state index contributed by atoms with van der Waals surface area (Å²) >= 11 is 4.02. The van der Waals surface area contributed by atoms with Gasteiger partial charge >= 0.3 is 5.97 Å². The molecule has 0 aromatic rings. The van der Waals surface area contributed by atoms with Gasteiger partial charge in [0, 0.05) is 5.75 Å². The molecule has 0 aliphatic carbocycles. The minimum atomic E-state index is -1.20. The van der Waals surface area contributed by atoms with Gasteiger partial charge in [-0.05, 0) is 18.8 Å². The zero-order valence-electron chi connectivity index (χ0n) is 15.8. The molecule has 0 heterocycles. The number of carboxylic acids is 1. The number of carboxylic acid groups (broad SMARTS) is 1. The Hall–Kier alpha value is -1.81. The van der Waals surface area contributed by atoms with Crippen LogP contribution in [0.25, 0.3) is 0 Å². The number of amides is 3. The van der Waals surface area contributed by atoms with Gasteiger partial charge in [0.2, 0.25) is 17.7 Å². The minimum absolute atomic E-state index is 0.0335. The summed E-state index contributed by atoms with van der Waals surface area (Å²) in [6.45, 7) is 8.38. The van der Waals surface area contributed by atoms with Gasteiger partial charge in [-0.1, -0.05) is 27.7 Å². The Morgan fingerprint density at radius 2 is 1.42 bits per heavy atom. The third-order valence-corrected chi connectivity index (χ3v) is 4.18. The van der Waals surface area contributed by atoms with Crippen LogP contribution in [-0.2, 0) is 19.2 Å². The van der Waals surface area contributed by atoms with Crippen LogP contribution in [0.2, 0.25) is 0 Å². The molecule has 0 saturated heterocycles. The van der Waals surface area contributed by atoms with Gasteiger partial charge in [0.1, 0.15) is 18.1 Å². The van der Waals surface area contributed by atoms with Crippen LogP contribution in [0.15, 0.2) is 0 Å². The third kappa shape index (κ3) is 7.61. The van der Waals surface area contributed by atoms with Gasteiger partial charge in [0.15, 0.2) is 0 Å². The Labute approximate surface area is 159 Å². The fraction of sp³-hybridized carbons (Fsp3) is 0.750. The van der Waals surface area contributed by atoms with Crippen molar-refractivity contribution in [1.29, 1.82) is 0 Å². The number of carbonyl (C=O) groups excluding carboxylic acids is 3. The van der Waals surface area contributed by atoms with E-state index in [0.717, 1.165) is 0 Å². The van der Waals surface area contributed by atoms with Crippen molar-refractivity contribution in [2.45, 2.75) is 58.8 Å². The fourth-order valence-electron chi connectivity index (χ4n) is 1.92. The predicted molar refractivity (Wildman–Crippen MR) is 101 cm³/mol. The van der Waals surface area contributed by atoms with Gasteiger partial charge < -0.3 is 26.8 Å². The van der Waals surface area contributed by atoms with E-state index in [4.69, 9.17) is 10.8 Å². The first kappa shape index (κ1) is 24.2.